The number of rotatable bonds is 6. The number of nitro groups is 1. The van der Waals surface area contributed by atoms with Crippen molar-refractivity contribution in [2.75, 3.05) is 0 Å². The first-order valence-corrected chi connectivity index (χ1v) is 10.6. The number of nitro benzene ring substituents is 1. The lowest BCUT2D eigenvalue weighted by Gasteiger charge is -2.07. The number of hydrogen-bond acceptors (Lipinski definition) is 5. The molecule has 0 aliphatic heterocycles. The number of nitrogens with zero attached hydrogens (tertiary/aromatic N) is 3. The van der Waals surface area contributed by atoms with E-state index in [9.17, 15) is 10.1 Å². The van der Waals surface area contributed by atoms with Crippen molar-refractivity contribution >= 4 is 33.6 Å². The first kappa shape index (κ1) is 19.1. The van der Waals surface area contributed by atoms with Crippen LogP contribution < -0.4 is 4.80 Å². The van der Waals surface area contributed by atoms with E-state index in [4.69, 9.17) is 4.42 Å². The van der Waals surface area contributed by atoms with Gasteiger partial charge in [-0.3, -0.25) is 10.1 Å². The molecule has 0 atom stereocenters. The molecule has 0 amide bonds. The summed E-state index contributed by atoms with van der Waals surface area (Å²) in [6.07, 6.45) is 4.44. The summed E-state index contributed by atoms with van der Waals surface area (Å²) in [5, 5.41) is 14.6. The molecule has 3 heterocycles. The highest BCUT2D eigenvalue weighted by Gasteiger charge is 2.15. The van der Waals surface area contributed by atoms with Crippen LogP contribution in [0.4, 0.5) is 11.4 Å². The fraction of sp³-hybridized carbons (Fsp3) is 0.0870. The molecular weight excluding hydrogens is 412 g/mol. The van der Waals surface area contributed by atoms with Crippen molar-refractivity contribution in [1.82, 2.24) is 9.55 Å². The molecule has 7 nitrogen and oxygen atoms in total. The molecule has 0 saturated carbocycles. The zero-order chi connectivity index (χ0) is 21.2. The Morgan fingerprint density at radius 1 is 1.10 bits per heavy atom. The average Bonchev–Trinajstić information content (AvgIpc) is 3.52. The molecule has 8 heteroatoms. The van der Waals surface area contributed by atoms with Crippen molar-refractivity contribution < 1.29 is 9.34 Å². The Balaban J connectivity index is 1.58. The van der Waals surface area contributed by atoms with Crippen LogP contribution in [0.1, 0.15) is 5.56 Å². The molecular formula is C23H18N4O3S. The van der Waals surface area contributed by atoms with Crippen molar-refractivity contribution in [3.8, 4) is 11.5 Å². The number of benzene rings is 2. The fourth-order valence-corrected chi connectivity index (χ4v) is 4.57. The highest BCUT2D eigenvalue weighted by Crippen LogP contribution is 2.27. The van der Waals surface area contributed by atoms with E-state index in [1.54, 1.807) is 24.5 Å². The number of H-pyrrole nitrogens is 1. The molecule has 0 aliphatic rings. The first-order valence-electron chi connectivity index (χ1n) is 9.76. The van der Waals surface area contributed by atoms with Gasteiger partial charge in [-0.05, 0) is 36.2 Å². The number of para-hydroxylation sites is 3. The maximum absolute atomic E-state index is 11.4. The number of hydrogen-bond donors (Lipinski definition) is 1. The summed E-state index contributed by atoms with van der Waals surface area (Å²) in [5.74, 6) is 0.735. The summed E-state index contributed by atoms with van der Waals surface area (Å²) in [4.78, 5) is 19.6. The third-order valence-electron chi connectivity index (χ3n) is 5.15. The third kappa shape index (κ3) is 3.69. The van der Waals surface area contributed by atoms with Gasteiger partial charge in [-0.1, -0.05) is 30.3 Å². The van der Waals surface area contributed by atoms with Gasteiger partial charge in [0, 0.05) is 35.1 Å². The van der Waals surface area contributed by atoms with E-state index in [2.05, 4.69) is 26.7 Å². The van der Waals surface area contributed by atoms with Crippen LogP contribution >= 0.6 is 11.3 Å². The largest absolute Gasteiger partial charge is 0.463 e. The maximum atomic E-state index is 11.4. The van der Waals surface area contributed by atoms with E-state index in [1.165, 1.54) is 28.4 Å². The quantitative estimate of drug-likeness (QED) is 0.278. The lowest BCUT2D eigenvalue weighted by Crippen LogP contribution is -2.17. The topological polar surface area (TPSA) is 89.4 Å². The Morgan fingerprint density at radius 2 is 1.94 bits per heavy atom. The Kier molecular flexibility index (Phi) is 4.97. The Hall–Kier alpha value is -3.91. The van der Waals surface area contributed by atoms with Gasteiger partial charge in [0.25, 0.3) is 5.69 Å². The standard InChI is InChI=1S/C23H18N4O3S/c28-27(29)20-9-4-3-8-19(20)25-23-26(21(15-31-23)22-10-5-13-30-22)12-11-16-14-24-18-7-2-1-6-17(16)18/h1-10,13-15,24H,11-12H2. The molecule has 0 aliphatic carbocycles. The smallest absolute Gasteiger partial charge is 0.294 e. The van der Waals surface area contributed by atoms with Gasteiger partial charge >= 0.3 is 0 Å². The number of furan rings is 1. The van der Waals surface area contributed by atoms with Gasteiger partial charge in [0.1, 0.15) is 5.69 Å². The summed E-state index contributed by atoms with van der Waals surface area (Å²) in [6, 6.07) is 18.5. The lowest BCUT2D eigenvalue weighted by molar-refractivity contribution is -0.384. The van der Waals surface area contributed by atoms with Crippen LogP contribution in [-0.4, -0.2) is 14.5 Å². The van der Waals surface area contributed by atoms with Crippen LogP contribution in [0.25, 0.3) is 22.4 Å². The number of aryl methyl sites for hydroxylation is 1. The highest BCUT2D eigenvalue weighted by atomic mass is 32.1. The van der Waals surface area contributed by atoms with Gasteiger partial charge in [0.15, 0.2) is 10.6 Å². The molecule has 3 aromatic heterocycles. The van der Waals surface area contributed by atoms with E-state index in [-0.39, 0.29) is 5.69 Å². The summed E-state index contributed by atoms with van der Waals surface area (Å²) < 4.78 is 7.68. The second kappa shape index (κ2) is 8.08. The Labute approximate surface area is 181 Å². The molecule has 5 rings (SSSR count). The SMILES string of the molecule is O=[N+]([O-])c1ccccc1N=c1scc(-c2ccco2)n1CCc1c[nH]c2ccccc12. The second-order valence-electron chi connectivity index (χ2n) is 7.00. The number of nitrogens with one attached hydrogen (secondary N) is 1. The summed E-state index contributed by atoms with van der Waals surface area (Å²) in [5.41, 5.74) is 3.52. The van der Waals surface area contributed by atoms with Crippen molar-refractivity contribution in [3.05, 3.63) is 99.0 Å². The summed E-state index contributed by atoms with van der Waals surface area (Å²) >= 11 is 1.44. The minimum atomic E-state index is -0.407. The molecule has 0 bridgehead atoms. The van der Waals surface area contributed by atoms with Gasteiger partial charge in [-0.2, -0.15) is 0 Å². The number of aromatic amines is 1. The number of aromatic nitrogens is 2. The molecule has 0 radical (unpaired) electrons. The van der Waals surface area contributed by atoms with Gasteiger partial charge in [0.2, 0.25) is 0 Å². The van der Waals surface area contributed by atoms with E-state index in [1.807, 2.05) is 35.8 Å². The minimum Gasteiger partial charge on any atom is -0.463 e. The minimum absolute atomic E-state index is 0.0152. The summed E-state index contributed by atoms with van der Waals surface area (Å²) in [7, 11) is 0. The van der Waals surface area contributed by atoms with Gasteiger partial charge in [-0.25, -0.2) is 4.99 Å². The van der Waals surface area contributed by atoms with Gasteiger partial charge in [-0.15, -0.1) is 11.3 Å². The van der Waals surface area contributed by atoms with E-state index in [0.29, 0.717) is 17.0 Å². The predicted octanol–water partition coefficient (Wildman–Crippen LogP) is 5.67. The normalized spacial score (nSPS) is 11.9. The van der Waals surface area contributed by atoms with Crippen LogP contribution in [0.3, 0.4) is 0 Å². The van der Waals surface area contributed by atoms with Gasteiger partial charge < -0.3 is 14.0 Å². The third-order valence-corrected chi connectivity index (χ3v) is 6.01. The summed E-state index contributed by atoms with van der Waals surface area (Å²) in [6.45, 7) is 0.654. The zero-order valence-electron chi connectivity index (χ0n) is 16.4. The van der Waals surface area contributed by atoms with Crippen LogP contribution in [-0.2, 0) is 13.0 Å². The Morgan fingerprint density at radius 3 is 2.77 bits per heavy atom. The second-order valence-corrected chi connectivity index (χ2v) is 7.84. The first-order chi connectivity index (χ1) is 15.2. The molecule has 5 aromatic rings. The van der Waals surface area contributed by atoms with Crippen LogP contribution in [0.15, 0.2) is 87.9 Å². The van der Waals surface area contributed by atoms with E-state index >= 15 is 0 Å². The number of thiazole rings is 1. The van der Waals surface area contributed by atoms with Crippen molar-refractivity contribution in [2.45, 2.75) is 13.0 Å². The maximum Gasteiger partial charge on any atom is 0.294 e. The van der Waals surface area contributed by atoms with Crippen molar-refractivity contribution in [3.63, 3.8) is 0 Å². The zero-order valence-corrected chi connectivity index (χ0v) is 17.2. The van der Waals surface area contributed by atoms with Crippen LogP contribution in [0.2, 0.25) is 0 Å². The predicted molar refractivity (Wildman–Crippen MR) is 120 cm³/mol. The number of fused-ring (bicyclic) bond motifs is 1. The fourth-order valence-electron chi connectivity index (χ4n) is 3.64. The van der Waals surface area contributed by atoms with E-state index in [0.717, 1.165) is 23.4 Å². The van der Waals surface area contributed by atoms with Gasteiger partial charge in [0.05, 0.1) is 16.9 Å². The average molecular weight is 430 g/mol. The molecule has 0 unspecified atom stereocenters. The monoisotopic (exact) mass is 430 g/mol. The molecule has 0 spiro atoms. The highest BCUT2D eigenvalue weighted by molar-refractivity contribution is 7.07. The molecule has 0 saturated heterocycles. The molecule has 1 N–H and O–H groups in total. The van der Waals surface area contributed by atoms with E-state index < -0.39 is 4.92 Å². The lowest BCUT2D eigenvalue weighted by atomic mass is 10.1. The molecule has 154 valence electrons. The molecule has 2 aromatic carbocycles. The Bertz CT molecular complexity index is 1430. The van der Waals surface area contributed by atoms with Crippen molar-refractivity contribution in [1.29, 1.82) is 0 Å². The van der Waals surface area contributed by atoms with Crippen LogP contribution in [0.5, 0.6) is 0 Å². The van der Waals surface area contributed by atoms with Crippen molar-refractivity contribution in [2.24, 2.45) is 4.99 Å². The molecule has 31 heavy (non-hydrogen) atoms. The molecule has 0 fully saturated rings. The van der Waals surface area contributed by atoms with Crippen LogP contribution in [0, 0.1) is 10.1 Å².